The monoisotopic (exact) mass is 368 g/mol. The highest BCUT2D eigenvalue weighted by Crippen LogP contribution is 2.30. The number of hydrogen-bond donors (Lipinski definition) is 0. The molecule has 0 N–H and O–H groups in total. The van der Waals surface area contributed by atoms with E-state index in [2.05, 4.69) is 25.1 Å². The Morgan fingerprint density at radius 1 is 0.963 bits per heavy atom. The zero-order valence-electron chi connectivity index (χ0n) is 15.0. The fraction of sp³-hybridized carbons (Fsp3) is 0.500. The van der Waals surface area contributed by atoms with Crippen molar-refractivity contribution in [2.75, 3.05) is 36.0 Å². The Balaban J connectivity index is 1.37. The van der Waals surface area contributed by atoms with Gasteiger partial charge in [-0.15, -0.1) is 15.3 Å². The van der Waals surface area contributed by atoms with E-state index in [9.17, 15) is 4.39 Å². The fourth-order valence-corrected chi connectivity index (χ4v) is 4.05. The number of halogens is 1. The normalized spacial score (nSPS) is 18.6. The maximum Gasteiger partial charge on any atom is 0.183 e. The molecule has 0 bridgehead atoms. The standard InChI is InChI=1S/C18H21FN8/c19-14-11-20-12-21-18(14)26-9-5-13(6-10-26)17-23-22-15-3-4-16(24-27(15)17)25-7-1-2-8-25/h3-4,11-13H,1-2,5-10H2. The van der Waals surface area contributed by atoms with Gasteiger partial charge in [-0.3, -0.25) is 0 Å². The van der Waals surface area contributed by atoms with Crippen molar-refractivity contribution in [2.45, 2.75) is 31.6 Å². The molecule has 140 valence electrons. The first kappa shape index (κ1) is 16.3. The lowest BCUT2D eigenvalue weighted by Crippen LogP contribution is -2.34. The second-order valence-electron chi connectivity index (χ2n) is 7.17. The molecule has 9 heteroatoms. The third-order valence-electron chi connectivity index (χ3n) is 5.51. The highest BCUT2D eigenvalue weighted by Gasteiger charge is 2.27. The molecule has 2 aliphatic rings. The van der Waals surface area contributed by atoms with E-state index in [1.165, 1.54) is 25.4 Å². The molecular weight excluding hydrogens is 347 g/mol. The molecule has 0 aliphatic carbocycles. The van der Waals surface area contributed by atoms with E-state index in [1.54, 1.807) is 0 Å². The summed E-state index contributed by atoms with van der Waals surface area (Å²) >= 11 is 0. The number of anilines is 2. The van der Waals surface area contributed by atoms with Crippen LogP contribution in [0.15, 0.2) is 24.7 Å². The number of piperidine rings is 1. The average Bonchev–Trinajstić information content (AvgIpc) is 3.38. The lowest BCUT2D eigenvalue weighted by atomic mass is 9.96. The molecule has 0 spiro atoms. The lowest BCUT2D eigenvalue weighted by Gasteiger charge is -2.31. The van der Waals surface area contributed by atoms with Crippen LogP contribution in [0.25, 0.3) is 5.65 Å². The van der Waals surface area contributed by atoms with Crippen molar-refractivity contribution in [3.8, 4) is 0 Å². The van der Waals surface area contributed by atoms with E-state index < -0.39 is 0 Å². The van der Waals surface area contributed by atoms with Crippen molar-refractivity contribution in [1.82, 2.24) is 29.8 Å². The maximum absolute atomic E-state index is 13.9. The maximum atomic E-state index is 13.9. The van der Waals surface area contributed by atoms with Gasteiger partial charge in [-0.1, -0.05) is 0 Å². The van der Waals surface area contributed by atoms with Gasteiger partial charge in [-0.25, -0.2) is 14.4 Å². The minimum Gasteiger partial charge on any atom is -0.355 e. The molecule has 5 rings (SSSR count). The van der Waals surface area contributed by atoms with Gasteiger partial charge in [0.1, 0.15) is 12.1 Å². The summed E-state index contributed by atoms with van der Waals surface area (Å²) in [5.41, 5.74) is 0.775. The molecule has 0 radical (unpaired) electrons. The predicted molar refractivity (Wildman–Crippen MR) is 98.4 cm³/mol. The van der Waals surface area contributed by atoms with Crippen LogP contribution in [0, 0.1) is 5.82 Å². The second kappa shape index (κ2) is 6.71. The number of aromatic nitrogens is 6. The summed E-state index contributed by atoms with van der Waals surface area (Å²) in [5, 5.41) is 13.5. The molecule has 0 aromatic carbocycles. The summed E-state index contributed by atoms with van der Waals surface area (Å²) in [6, 6.07) is 4.02. The third kappa shape index (κ3) is 2.96. The minimum atomic E-state index is -0.374. The van der Waals surface area contributed by atoms with Crippen LogP contribution in [0.4, 0.5) is 16.0 Å². The van der Waals surface area contributed by atoms with Gasteiger partial charge < -0.3 is 9.80 Å². The first-order valence-corrected chi connectivity index (χ1v) is 9.47. The molecule has 2 fully saturated rings. The number of nitrogens with zero attached hydrogens (tertiary/aromatic N) is 8. The Bertz CT molecular complexity index is 943. The summed E-state index contributed by atoms with van der Waals surface area (Å²) in [5.74, 6) is 2.14. The Kier molecular flexibility index (Phi) is 4.06. The summed E-state index contributed by atoms with van der Waals surface area (Å²) in [6.07, 6.45) is 6.75. The van der Waals surface area contributed by atoms with Gasteiger partial charge >= 0.3 is 0 Å². The Morgan fingerprint density at radius 3 is 2.56 bits per heavy atom. The van der Waals surface area contributed by atoms with Crippen molar-refractivity contribution in [1.29, 1.82) is 0 Å². The number of fused-ring (bicyclic) bond motifs is 1. The molecule has 5 heterocycles. The van der Waals surface area contributed by atoms with E-state index in [0.29, 0.717) is 5.82 Å². The van der Waals surface area contributed by atoms with E-state index in [0.717, 1.165) is 56.3 Å². The zero-order valence-corrected chi connectivity index (χ0v) is 15.0. The van der Waals surface area contributed by atoms with Crippen molar-refractivity contribution < 1.29 is 4.39 Å². The Morgan fingerprint density at radius 2 is 1.78 bits per heavy atom. The number of hydrogen-bond acceptors (Lipinski definition) is 7. The fourth-order valence-electron chi connectivity index (χ4n) is 4.05. The Labute approximate surface area is 156 Å². The van der Waals surface area contributed by atoms with E-state index in [-0.39, 0.29) is 11.7 Å². The largest absolute Gasteiger partial charge is 0.355 e. The summed E-state index contributed by atoms with van der Waals surface area (Å²) < 4.78 is 15.8. The van der Waals surface area contributed by atoms with E-state index >= 15 is 0 Å². The van der Waals surface area contributed by atoms with Crippen molar-refractivity contribution >= 4 is 17.3 Å². The quantitative estimate of drug-likeness (QED) is 0.700. The first-order chi connectivity index (χ1) is 13.3. The van der Waals surface area contributed by atoms with Gasteiger partial charge in [0, 0.05) is 32.1 Å². The second-order valence-corrected chi connectivity index (χ2v) is 7.17. The van der Waals surface area contributed by atoms with Crippen LogP contribution in [0.3, 0.4) is 0 Å². The minimum absolute atomic E-state index is 0.252. The summed E-state index contributed by atoms with van der Waals surface area (Å²) in [7, 11) is 0. The Hall–Kier alpha value is -2.84. The van der Waals surface area contributed by atoms with Crippen LogP contribution in [0.2, 0.25) is 0 Å². The molecule has 8 nitrogen and oxygen atoms in total. The van der Waals surface area contributed by atoms with Gasteiger partial charge in [0.05, 0.1) is 6.20 Å². The van der Waals surface area contributed by atoms with Crippen LogP contribution in [-0.2, 0) is 0 Å². The van der Waals surface area contributed by atoms with Crippen LogP contribution >= 0.6 is 0 Å². The van der Waals surface area contributed by atoms with Crippen molar-refractivity contribution in [2.24, 2.45) is 0 Å². The highest BCUT2D eigenvalue weighted by molar-refractivity contribution is 5.46. The first-order valence-electron chi connectivity index (χ1n) is 9.47. The molecule has 3 aromatic rings. The summed E-state index contributed by atoms with van der Waals surface area (Å²) in [6.45, 7) is 3.55. The molecule has 0 unspecified atom stereocenters. The molecule has 3 aromatic heterocycles. The van der Waals surface area contributed by atoms with E-state index in [1.807, 2.05) is 21.5 Å². The molecule has 0 atom stereocenters. The molecular formula is C18H21FN8. The molecule has 2 aliphatic heterocycles. The molecule has 2 saturated heterocycles. The highest BCUT2D eigenvalue weighted by atomic mass is 19.1. The van der Waals surface area contributed by atoms with Gasteiger partial charge in [0.2, 0.25) is 0 Å². The topological polar surface area (TPSA) is 75.3 Å². The predicted octanol–water partition coefficient (Wildman–Crippen LogP) is 2.04. The molecule has 0 amide bonds. The van der Waals surface area contributed by atoms with Crippen LogP contribution in [0.1, 0.15) is 37.4 Å². The van der Waals surface area contributed by atoms with Crippen molar-refractivity contribution in [3.05, 3.63) is 36.3 Å². The smallest absolute Gasteiger partial charge is 0.183 e. The van der Waals surface area contributed by atoms with Crippen LogP contribution < -0.4 is 9.80 Å². The SMILES string of the molecule is Fc1cncnc1N1CCC(c2nnc3ccc(N4CCCC4)nn23)CC1. The van der Waals surface area contributed by atoms with Gasteiger partial charge in [0.15, 0.2) is 23.1 Å². The van der Waals surface area contributed by atoms with Crippen molar-refractivity contribution in [3.63, 3.8) is 0 Å². The molecule has 0 saturated carbocycles. The summed E-state index contributed by atoms with van der Waals surface area (Å²) in [4.78, 5) is 12.1. The van der Waals surface area contributed by atoms with Crippen LogP contribution in [0.5, 0.6) is 0 Å². The average molecular weight is 368 g/mol. The van der Waals surface area contributed by atoms with Crippen LogP contribution in [-0.4, -0.2) is 56.0 Å². The van der Waals surface area contributed by atoms with Gasteiger partial charge in [0.25, 0.3) is 0 Å². The lowest BCUT2D eigenvalue weighted by molar-refractivity contribution is 0.468. The van der Waals surface area contributed by atoms with Gasteiger partial charge in [-0.05, 0) is 37.8 Å². The molecule has 27 heavy (non-hydrogen) atoms. The zero-order chi connectivity index (χ0) is 18.2. The van der Waals surface area contributed by atoms with Gasteiger partial charge in [-0.2, -0.15) is 4.52 Å². The number of rotatable bonds is 3. The third-order valence-corrected chi connectivity index (χ3v) is 5.51. The van der Waals surface area contributed by atoms with E-state index in [4.69, 9.17) is 5.10 Å².